The number of fused-ring (bicyclic) bond motifs is 3. The van der Waals surface area contributed by atoms with Crippen molar-refractivity contribution >= 4 is 11.9 Å². The molecule has 1 amide bonds. The predicted octanol–water partition coefficient (Wildman–Crippen LogP) is 8.32. The van der Waals surface area contributed by atoms with Gasteiger partial charge in [-0.25, -0.2) is 9.67 Å². The number of allylic oxidation sites excluding steroid dienone is 1. The molecule has 5 aliphatic rings. The third-order valence-electron chi connectivity index (χ3n) is 17.7. The SMILES string of the molecule is CC(C)[C@@H](C)[C@@]1(C)CC[C@]2(C)[C@H]3CC[C@@H]4[C@@]5(COC[C@@]4(C)[C@@H](OC[C@](C)(N)C(C)(C)C)[C@H](n4ncnc4-c4ccc(C(N)=O)cc4)C5)C3=CC[C@@]2(C)[C@@H]1C(=O)O. The van der Waals surface area contributed by atoms with E-state index < -0.39 is 28.7 Å². The smallest absolute Gasteiger partial charge is 0.307 e. The molecule has 2 heterocycles. The van der Waals surface area contributed by atoms with Crippen LogP contribution < -0.4 is 11.5 Å². The third-order valence-corrected chi connectivity index (χ3v) is 17.7. The van der Waals surface area contributed by atoms with Gasteiger partial charge in [0, 0.05) is 27.5 Å². The van der Waals surface area contributed by atoms with Crippen molar-refractivity contribution in [2.24, 2.45) is 73.5 Å². The maximum Gasteiger partial charge on any atom is 0.307 e. The number of carbonyl (C=O) groups is 2. The van der Waals surface area contributed by atoms with Crippen LogP contribution in [0.5, 0.6) is 0 Å². The number of ether oxygens (including phenoxy) is 2. The Bertz CT molecular complexity index is 1880. The monoisotopic (exact) mass is 772 g/mol. The molecule has 1 saturated heterocycles. The minimum Gasteiger partial charge on any atom is -0.481 e. The zero-order chi connectivity index (χ0) is 41.0. The van der Waals surface area contributed by atoms with E-state index in [9.17, 15) is 14.7 Å². The van der Waals surface area contributed by atoms with Gasteiger partial charge in [0.05, 0.1) is 37.9 Å². The molecular weight excluding hydrogens is 703 g/mol. The lowest BCUT2D eigenvalue weighted by atomic mass is 9.34. The van der Waals surface area contributed by atoms with Gasteiger partial charge in [0.25, 0.3) is 0 Å². The van der Waals surface area contributed by atoms with Crippen molar-refractivity contribution < 1.29 is 24.2 Å². The van der Waals surface area contributed by atoms with E-state index in [2.05, 4.69) is 86.9 Å². The van der Waals surface area contributed by atoms with Crippen LogP contribution >= 0.6 is 0 Å². The fourth-order valence-electron chi connectivity index (χ4n) is 13.1. The van der Waals surface area contributed by atoms with Crippen LogP contribution in [0.25, 0.3) is 11.4 Å². The normalized spacial score (nSPS) is 39.7. The third kappa shape index (κ3) is 5.80. The number of primary amides is 1. The molecule has 0 spiro atoms. The van der Waals surface area contributed by atoms with Gasteiger partial charge in [0.15, 0.2) is 5.82 Å². The Labute approximate surface area is 334 Å². The van der Waals surface area contributed by atoms with Crippen LogP contribution in [0, 0.1) is 62.1 Å². The summed E-state index contributed by atoms with van der Waals surface area (Å²) in [5.41, 5.74) is 13.0. The number of amides is 1. The molecule has 5 N–H and O–H groups in total. The van der Waals surface area contributed by atoms with E-state index in [-0.39, 0.29) is 51.1 Å². The lowest BCUT2D eigenvalue weighted by Gasteiger charge is -2.71. The summed E-state index contributed by atoms with van der Waals surface area (Å²) in [6.45, 7) is 26.3. The van der Waals surface area contributed by atoms with Crippen LogP contribution in [-0.2, 0) is 14.3 Å². The first kappa shape index (κ1) is 41.1. The molecule has 56 heavy (non-hydrogen) atoms. The second kappa shape index (κ2) is 13.5. The van der Waals surface area contributed by atoms with Gasteiger partial charge in [-0.1, -0.05) is 93.0 Å². The highest BCUT2D eigenvalue weighted by Crippen LogP contribution is 2.75. The second-order valence-corrected chi connectivity index (χ2v) is 21.5. The number of carboxylic acids is 1. The minimum absolute atomic E-state index is 0.193. The van der Waals surface area contributed by atoms with E-state index >= 15 is 0 Å². The molecule has 12 atom stereocenters. The highest BCUT2D eigenvalue weighted by Gasteiger charge is 2.72. The van der Waals surface area contributed by atoms with Crippen LogP contribution in [0.15, 0.2) is 42.2 Å². The molecule has 4 aliphatic carbocycles. The molecule has 4 fully saturated rings. The maximum absolute atomic E-state index is 13.6. The van der Waals surface area contributed by atoms with Crippen molar-refractivity contribution in [2.75, 3.05) is 19.8 Å². The van der Waals surface area contributed by atoms with Gasteiger partial charge in [0.1, 0.15) is 6.33 Å². The minimum atomic E-state index is -0.645. The number of benzene rings is 1. The van der Waals surface area contributed by atoms with E-state index in [4.69, 9.17) is 31.0 Å². The summed E-state index contributed by atoms with van der Waals surface area (Å²) < 4.78 is 16.1. The number of rotatable bonds is 9. The molecule has 2 aromatic rings. The van der Waals surface area contributed by atoms with Gasteiger partial charge < -0.3 is 26.0 Å². The van der Waals surface area contributed by atoms with Gasteiger partial charge in [-0.05, 0) is 103 Å². The molecule has 1 aromatic carbocycles. The first-order chi connectivity index (χ1) is 26.0. The van der Waals surface area contributed by atoms with Crippen molar-refractivity contribution in [1.82, 2.24) is 14.8 Å². The molecule has 10 heteroatoms. The fourth-order valence-corrected chi connectivity index (χ4v) is 13.1. The second-order valence-electron chi connectivity index (χ2n) is 21.5. The Kier molecular flexibility index (Phi) is 9.89. The number of nitrogens with two attached hydrogens (primary N) is 2. The number of aromatic nitrogens is 3. The van der Waals surface area contributed by atoms with E-state index in [0.717, 1.165) is 44.1 Å². The molecule has 0 radical (unpaired) electrons. The number of carbonyl (C=O) groups excluding carboxylic acids is 1. The van der Waals surface area contributed by atoms with Gasteiger partial charge in [-0.15, -0.1) is 0 Å². The summed E-state index contributed by atoms with van der Waals surface area (Å²) in [7, 11) is 0. The van der Waals surface area contributed by atoms with Crippen LogP contribution in [0.2, 0.25) is 0 Å². The molecule has 308 valence electrons. The number of nitrogens with zero attached hydrogens (tertiary/aromatic N) is 3. The molecule has 10 nitrogen and oxygen atoms in total. The molecule has 1 aliphatic heterocycles. The molecule has 3 saturated carbocycles. The van der Waals surface area contributed by atoms with Crippen LogP contribution in [0.4, 0.5) is 0 Å². The summed E-state index contributed by atoms with van der Waals surface area (Å²) in [4.78, 5) is 30.4. The highest BCUT2D eigenvalue weighted by molar-refractivity contribution is 5.93. The highest BCUT2D eigenvalue weighted by atomic mass is 16.5. The quantitative estimate of drug-likeness (QED) is 0.215. The molecule has 0 unspecified atom stereocenters. The Morgan fingerprint density at radius 1 is 1.02 bits per heavy atom. The van der Waals surface area contributed by atoms with E-state index in [1.165, 1.54) is 5.57 Å². The standard InChI is InChI=1S/C46H69N5O5/c1-27(2)28(3)41(7)20-21-43(9)31-16-17-34-42(8)23-55-25-46(34,32(31)18-19-44(43,10)35(41)39(53)54)22-33(36(42)56-24-45(11,48)40(4,5)6)51-38(49-26-50-51)30-14-12-29(13-15-30)37(47)52/h12-15,18,26-28,31,33-36H,16-17,19-25,48H2,1-11H3,(H2,47,52)(H,53,54)/t28-,31+,33-,34+,35-,36+,41-,42-,43-,44+,45+,46+/m1/s1. The summed E-state index contributed by atoms with van der Waals surface area (Å²) in [6.07, 6.45) is 9.29. The van der Waals surface area contributed by atoms with Gasteiger partial charge >= 0.3 is 5.97 Å². The van der Waals surface area contributed by atoms with Crippen LogP contribution in [-0.4, -0.2) is 63.2 Å². The predicted molar refractivity (Wildman–Crippen MR) is 218 cm³/mol. The van der Waals surface area contributed by atoms with E-state index in [1.807, 2.05) is 12.1 Å². The van der Waals surface area contributed by atoms with Crippen molar-refractivity contribution in [3.8, 4) is 11.4 Å². The largest absolute Gasteiger partial charge is 0.481 e. The van der Waals surface area contributed by atoms with Crippen molar-refractivity contribution in [3.05, 3.63) is 47.8 Å². The van der Waals surface area contributed by atoms with E-state index in [1.54, 1.807) is 18.5 Å². The number of aliphatic carboxylic acids is 1. The fraction of sp³-hybridized carbons (Fsp3) is 0.739. The molecule has 1 aromatic heterocycles. The molecular formula is C46H69N5O5. The average Bonchev–Trinajstić information content (AvgIpc) is 3.60. The zero-order valence-corrected chi connectivity index (χ0v) is 35.9. The average molecular weight is 772 g/mol. The van der Waals surface area contributed by atoms with Gasteiger partial charge in [-0.2, -0.15) is 5.10 Å². The van der Waals surface area contributed by atoms with Crippen molar-refractivity contribution in [1.29, 1.82) is 0 Å². The summed E-state index contributed by atoms with van der Waals surface area (Å²) in [5, 5.41) is 16.1. The summed E-state index contributed by atoms with van der Waals surface area (Å²) >= 11 is 0. The summed E-state index contributed by atoms with van der Waals surface area (Å²) in [5.74, 6) is 0.363. The summed E-state index contributed by atoms with van der Waals surface area (Å²) in [6, 6.07) is 7.06. The van der Waals surface area contributed by atoms with Crippen LogP contribution in [0.3, 0.4) is 0 Å². The van der Waals surface area contributed by atoms with Crippen molar-refractivity contribution in [3.63, 3.8) is 0 Å². The first-order valence-electron chi connectivity index (χ1n) is 21.2. The van der Waals surface area contributed by atoms with Gasteiger partial charge in [0.2, 0.25) is 5.91 Å². The molecule has 2 bridgehead atoms. The number of carboxylic acid groups (broad SMARTS) is 1. The van der Waals surface area contributed by atoms with Crippen LogP contribution in [0.1, 0.15) is 131 Å². The Balaban J connectivity index is 1.35. The lowest BCUT2D eigenvalue weighted by molar-refractivity contribution is -0.253. The lowest BCUT2D eigenvalue weighted by Crippen LogP contribution is -2.69. The molecule has 7 rings (SSSR count). The topological polar surface area (TPSA) is 156 Å². The Morgan fingerprint density at radius 2 is 1.70 bits per heavy atom. The number of hydrogen-bond donors (Lipinski definition) is 3. The maximum atomic E-state index is 13.6. The Morgan fingerprint density at radius 3 is 2.30 bits per heavy atom. The Hall–Kier alpha value is -3.08. The number of hydrogen-bond acceptors (Lipinski definition) is 7. The first-order valence-corrected chi connectivity index (χ1v) is 21.2. The van der Waals surface area contributed by atoms with E-state index in [0.29, 0.717) is 43.0 Å². The van der Waals surface area contributed by atoms with Gasteiger partial charge in [-0.3, -0.25) is 9.59 Å². The van der Waals surface area contributed by atoms with Crippen molar-refractivity contribution in [2.45, 2.75) is 132 Å². The zero-order valence-electron chi connectivity index (χ0n) is 35.9.